The van der Waals surface area contributed by atoms with E-state index in [2.05, 4.69) is 63.4 Å². The Balaban J connectivity index is 1.16. The molecule has 0 spiro atoms. The molecule has 0 fully saturated rings. The van der Waals surface area contributed by atoms with Gasteiger partial charge in [-0.1, -0.05) is 48.5 Å². The van der Waals surface area contributed by atoms with Crippen molar-refractivity contribution in [3.8, 4) is 17.1 Å². The van der Waals surface area contributed by atoms with Crippen LogP contribution < -0.4 is 0 Å². The zero-order valence-electron chi connectivity index (χ0n) is 18.4. The van der Waals surface area contributed by atoms with Crippen molar-refractivity contribution in [1.82, 2.24) is 19.3 Å². The minimum Gasteiger partial charge on any atom is -0.353 e. The molecule has 7 heteroatoms. The Bertz CT molecular complexity index is 1350. The van der Waals surface area contributed by atoms with E-state index < -0.39 is 11.7 Å². The second-order valence-corrected chi connectivity index (χ2v) is 8.34. The van der Waals surface area contributed by atoms with Gasteiger partial charge in [-0.15, -0.1) is 5.10 Å². The first-order valence-electron chi connectivity index (χ1n) is 11.2. The van der Waals surface area contributed by atoms with Gasteiger partial charge in [-0.2, -0.15) is 13.2 Å². The SMILES string of the molecule is FC(F)(F)c1ccc(-n2cnc(-c3ccc(CCCCn4cc5ccccc5c4)cc3)n2)cc1. The molecule has 0 aliphatic carbocycles. The summed E-state index contributed by atoms with van der Waals surface area (Å²) in [6.45, 7) is 0.998. The highest BCUT2D eigenvalue weighted by atomic mass is 19.4. The number of hydrogen-bond donors (Lipinski definition) is 0. The molecule has 172 valence electrons. The number of aryl methyl sites for hydroxylation is 2. The van der Waals surface area contributed by atoms with Crippen LogP contribution in [-0.2, 0) is 19.1 Å². The highest BCUT2D eigenvalue weighted by molar-refractivity contribution is 5.82. The molecular formula is C27H23F3N4. The fourth-order valence-electron chi connectivity index (χ4n) is 4.04. The monoisotopic (exact) mass is 460 g/mol. The lowest BCUT2D eigenvalue weighted by Gasteiger charge is -2.07. The molecule has 5 rings (SSSR count). The molecule has 0 aliphatic rings. The molecule has 4 nitrogen and oxygen atoms in total. The van der Waals surface area contributed by atoms with E-state index in [1.165, 1.54) is 39.5 Å². The van der Waals surface area contributed by atoms with E-state index in [-0.39, 0.29) is 0 Å². The van der Waals surface area contributed by atoms with E-state index in [9.17, 15) is 13.2 Å². The first kappa shape index (κ1) is 21.9. The molecule has 0 unspecified atom stereocenters. The maximum Gasteiger partial charge on any atom is 0.416 e. The highest BCUT2D eigenvalue weighted by Crippen LogP contribution is 2.29. The molecule has 0 N–H and O–H groups in total. The van der Waals surface area contributed by atoms with Crippen molar-refractivity contribution in [2.45, 2.75) is 32.0 Å². The number of benzene rings is 3. The Kier molecular flexibility index (Phi) is 5.92. The van der Waals surface area contributed by atoms with Crippen LogP contribution in [0.3, 0.4) is 0 Å². The van der Waals surface area contributed by atoms with Crippen molar-refractivity contribution in [2.75, 3.05) is 0 Å². The minimum atomic E-state index is -4.36. The van der Waals surface area contributed by atoms with E-state index in [4.69, 9.17) is 0 Å². The number of rotatable bonds is 7. The minimum absolute atomic E-state index is 0.527. The number of hydrogen-bond acceptors (Lipinski definition) is 2. The van der Waals surface area contributed by atoms with Crippen molar-refractivity contribution in [2.24, 2.45) is 0 Å². The molecule has 34 heavy (non-hydrogen) atoms. The summed E-state index contributed by atoms with van der Waals surface area (Å²) in [6.07, 6.45) is 4.73. The molecule has 2 heterocycles. The Hall–Kier alpha value is -3.87. The van der Waals surface area contributed by atoms with Crippen molar-refractivity contribution < 1.29 is 13.2 Å². The summed E-state index contributed by atoms with van der Waals surface area (Å²) < 4.78 is 42.0. The van der Waals surface area contributed by atoms with E-state index >= 15 is 0 Å². The average molecular weight is 461 g/mol. The van der Waals surface area contributed by atoms with Crippen LogP contribution in [0.1, 0.15) is 24.0 Å². The van der Waals surface area contributed by atoms with Gasteiger partial charge in [0.15, 0.2) is 5.82 Å². The van der Waals surface area contributed by atoms with Crippen LogP contribution in [0.4, 0.5) is 13.2 Å². The van der Waals surface area contributed by atoms with Gasteiger partial charge in [0, 0.05) is 24.5 Å². The first-order chi connectivity index (χ1) is 16.5. The Labute approximate surface area is 195 Å². The lowest BCUT2D eigenvalue weighted by molar-refractivity contribution is -0.137. The number of halogens is 3. The molecule has 5 aromatic rings. The van der Waals surface area contributed by atoms with Crippen molar-refractivity contribution in [1.29, 1.82) is 0 Å². The molecule has 0 radical (unpaired) electrons. The van der Waals surface area contributed by atoms with Gasteiger partial charge in [0.05, 0.1) is 11.3 Å². The molecule has 3 aromatic carbocycles. The van der Waals surface area contributed by atoms with Gasteiger partial charge in [0.25, 0.3) is 0 Å². The zero-order chi connectivity index (χ0) is 23.5. The maximum absolute atomic E-state index is 12.8. The third-order valence-corrected chi connectivity index (χ3v) is 5.90. The third kappa shape index (κ3) is 4.88. The normalized spacial score (nSPS) is 11.9. The number of fused-ring (bicyclic) bond motifs is 1. The highest BCUT2D eigenvalue weighted by Gasteiger charge is 2.30. The van der Waals surface area contributed by atoms with Gasteiger partial charge in [-0.05, 0) is 59.9 Å². The maximum atomic E-state index is 12.8. The molecule has 0 atom stereocenters. The van der Waals surface area contributed by atoms with Crippen LogP contribution in [0, 0.1) is 0 Å². The second-order valence-electron chi connectivity index (χ2n) is 8.34. The number of unbranched alkanes of at least 4 members (excludes halogenated alkanes) is 1. The lowest BCUT2D eigenvalue weighted by atomic mass is 10.1. The number of alkyl halides is 3. The van der Waals surface area contributed by atoms with Crippen molar-refractivity contribution >= 4 is 10.8 Å². The van der Waals surface area contributed by atoms with Crippen LogP contribution in [0.25, 0.3) is 27.8 Å². The summed E-state index contributed by atoms with van der Waals surface area (Å²) >= 11 is 0. The van der Waals surface area contributed by atoms with Crippen LogP contribution in [0.5, 0.6) is 0 Å². The van der Waals surface area contributed by atoms with E-state index in [1.807, 2.05) is 12.1 Å². The number of nitrogens with zero attached hydrogens (tertiary/aromatic N) is 4. The first-order valence-corrected chi connectivity index (χ1v) is 11.2. The van der Waals surface area contributed by atoms with E-state index in [0.717, 1.165) is 43.5 Å². The van der Waals surface area contributed by atoms with Gasteiger partial charge in [0.1, 0.15) is 6.33 Å². The lowest BCUT2D eigenvalue weighted by Crippen LogP contribution is -2.05. The smallest absolute Gasteiger partial charge is 0.353 e. The summed E-state index contributed by atoms with van der Waals surface area (Å²) in [5.74, 6) is 0.533. The van der Waals surface area contributed by atoms with Gasteiger partial charge in [0.2, 0.25) is 0 Å². The summed E-state index contributed by atoms with van der Waals surface area (Å²) in [7, 11) is 0. The zero-order valence-corrected chi connectivity index (χ0v) is 18.4. The van der Waals surface area contributed by atoms with Crippen LogP contribution in [0.2, 0.25) is 0 Å². The predicted molar refractivity (Wildman–Crippen MR) is 127 cm³/mol. The Morgan fingerprint density at radius 3 is 2.09 bits per heavy atom. The number of aromatic nitrogens is 4. The topological polar surface area (TPSA) is 35.6 Å². The molecule has 0 saturated heterocycles. The Morgan fingerprint density at radius 1 is 0.765 bits per heavy atom. The fourth-order valence-corrected chi connectivity index (χ4v) is 4.04. The molecule has 0 bridgehead atoms. The summed E-state index contributed by atoms with van der Waals surface area (Å²) in [4.78, 5) is 4.32. The van der Waals surface area contributed by atoms with Gasteiger partial charge < -0.3 is 4.57 Å². The molecule has 2 aromatic heterocycles. The van der Waals surface area contributed by atoms with Gasteiger partial charge >= 0.3 is 6.18 Å². The summed E-state index contributed by atoms with van der Waals surface area (Å²) in [6, 6.07) is 21.4. The van der Waals surface area contributed by atoms with Gasteiger partial charge in [-0.25, -0.2) is 9.67 Å². The van der Waals surface area contributed by atoms with Gasteiger partial charge in [-0.3, -0.25) is 0 Å². The predicted octanol–water partition coefficient (Wildman–Crippen LogP) is 6.93. The third-order valence-electron chi connectivity index (χ3n) is 5.90. The molecule has 0 amide bonds. The fraction of sp³-hybridized carbons (Fsp3) is 0.185. The molecular weight excluding hydrogens is 437 g/mol. The molecule has 0 saturated carbocycles. The summed E-state index contributed by atoms with van der Waals surface area (Å²) in [5, 5.41) is 6.96. The summed E-state index contributed by atoms with van der Waals surface area (Å²) in [5.41, 5.74) is 1.96. The van der Waals surface area contributed by atoms with Crippen molar-refractivity contribution in [3.63, 3.8) is 0 Å². The van der Waals surface area contributed by atoms with Crippen molar-refractivity contribution in [3.05, 3.63) is 103 Å². The average Bonchev–Trinajstić information content (AvgIpc) is 3.49. The molecule has 0 aliphatic heterocycles. The standard InChI is InChI=1S/C27H23F3N4/c28-27(29,30)24-12-14-25(15-13-24)34-19-31-26(32-34)21-10-8-20(9-11-21)5-3-4-16-33-17-22-6-1-2-7-23(22)18-33/h1-2,6-15,17-19H,3-5,16H2. The van der Waals surface area contributed by atoms with E-state index in [1.54, 1.807) is 0 Å². The van der Waals surface area contributed by atoms with Crippen LogP contribution >= 0.6 is 0 Å². The van der Waals surface area contributed by atoms with Crippen LogP contribution in [0.15, 0.2) is 91.5 Å². The second kappa shape index (κ2) is 9.17. The largest absolute Gasteiger partial charge is 0.416 e. The quantitative estimate of drug-likeness (QED) is 0.247. The van der Waals surface area contributed by atoms with E-state index in [0.29, 0.717) is 11.5 Å². The van der Waals surface area contributed by atoms with Crippen LogP contribution in [-0.4, -0.2) is 19.3 Å². The Morgan fingerprint density at radius 2 is 1.44 bits per heavy atom.